The van der Waals surface area contributed by atoms with E-state index in [9.17, 15) is 0 Å². The van der Waals surface area contributed by atoms with E-state index in [0.717, 1.165) is 38.3 Å². The van der Waals surface area contributed by atoms with Crippen LogP contribution in [0.2, 0.25) is 19.6 Å². The summed E-state index contributed by atoms with van der Waals surface area (Å²) in [5.74, 6) is 0.996. The van der Waals surface area contributed by atoms with Crippen molar-refractivity contribution in [1.29, 1.82) is 0 Å². The van der Waals surface area contributed by atoms with E-state index in [1.165, 1.54) is 5.56 Å². The van der Waals surface area contributed by atoms with Crippen LogP contribution in [0.5, 0.6) is 5.75 Å². The molecule has 3 nitrogen and oxygen atoms in total. The lowest BCUT2D eigenvalue weighted by Gasteiger charge is -2.35. The Kier molecular flexibility index (Phi) is 10.1. The zero-order valence-corrected chi connectivity index (χ0v) is 17.0. The molecule has 1 aromatic rings. The monoisotopic (exact) mass is 376 g/mol. The molecule has 1 saturated heterocycles. The Morgan fingerprint density at radius 3 is 2.22 bits per heavy atom. The summed E-state index contributed by atoms with van der Waals surface area (Å²) < 4.78 is 6.04. The van der Waals surface area contributed by atoms with E-state index in [1.54, 1.807) is 0 Å². The zero-order valence-electron chi connectivity index (χ0n) is 14.4. The van der Waals surface area contributed by atoms with E-state index in [0.29, 0.717) is 6.04 Å². The molecule has 6 heteroatoms. The standard InChI is InChI=1S/C17H28N2OSi.2ClH/c1-5-6-17(19-13-11-18-12-14-19)15-7-9-16(10-8-15)20-21(2,3)4;;/h5,7-10,17-18H,1,6,11-14H2,2-4H3;2*1H/t17-;;/m0../s1. The summed E-state index contributed by atoms with van der Waals surface area (Å²) in [5, 5.41) is 3.42. The van der Waals surface area contributed by atoms with E-state index in [2.05, 4.69) is 60.7 Å². The molecule has 0 aromatic heterocycles. The van der Waals surface area contributed by atoms with Gasteiger partial charge in [0.15, 0.2) is 0 Å². The fraction of sp³-hybridized carbons (Fsp3) is 0.529. The van der Waals surface area contributed by atoms with Crippen molar-refractivity contribution in [2.45, 2.75) is 32.1 Å². The fourth-order valence-electron chi connectivity index (χ4n) is 2.76. The van der Waals surface area contributed by atoms with Crippen molar-refractivity contribution < 1.29 is 4.43 Å². The van der Waals surface area contributed by atoms with E-state index in [-0.39, 0.29) is 24.8 Å². The van der Waals surface area contributed by atoms with Gasteiger partial charge in [-0.1, -0.05) is 18.2 Å². The Labute approximate surface area is 154 Å². The zero-order chi connectivity index (χ0) is 15.3. The molecule has 1 aliphatic heterocycles. The second-order valence-corrected chi connectivity index (χ2v) is 11.0. The molecular weight excluding hydrogens is 347 g/mol. The highest BCUT2D eigenvalue weighted by molar-refractivity contribution is 6.70. The second kappa shape index (κ2) is 10.4. The van der Waals surface area contributed by atoms with Gasteiger partial charge in [-0.05, 0) is 43.8 Å². The number of benzene rings is 1. The summed E-state index contributed by atoms with van der Waals surface area (Å²) in [6.45, 7) is 14.9. The largest absolute Gasteiger partial charge is 0.544 e. The second-order valence-electron chi connectivity index (χ2n) is 6.61. The van der Waals surface area contributed by atoms with E-state index >= 15 is 0 Å². The van der Waals surface area contributed by atoms with Crippen molar-refractivity contribution in [3.05, 3.63) is 42.5 Å². The van der Waals surface area contributed by atoms with Crippen molar-refractivity contribution in [2.75, 3.05) is 26.2 Å². The summed E-state index contributed by atoms with van der Waals surface area (Å²) in [5.41, 5.74) is 1.36. The van der Waals surface area contributed by atoms with E-state index in [1.807, 2.05) is 6.08 Å². The molecule has 1 atom stereocenters. The van der Waals surface area contributed by atoms with Gasteiger partial charge in [0.05, 0.1) is 0 Å². The van der Waals surface area contributed by atoms with Gasteiger partial charge in [0, 0.05) is 32.2 Å². The molecule has 0 saturated carbocycles. The van der Waals surface area contributed by atoms with Gasteiger partial charge in [-0.25, -0.2) is 0 Å². The SMILES string of the molecule is C=CC[C@@H](c1ccc(O[Si](C)(C)C)cc1)N1CCNCC1.Cl.Cl. The first kappa shape index (κ1) is 22.5. The third-order valence-corrected chi connectivity index (χ3v) is 4.52. The fourth-order valence-corrected chi connectivity index (χ4v) is 3.60. The highest BCUT2D eigenvalue weighted by atomic mass is 35.5. The molecule has 1 aromatic carbocycles. The number of halogens is 2. The average molecular weight is 377 g/mol. The predicted molar refractivity (Wildman–Crippen MR) is 107 cm³/mol. The smallest absolute Gasteiger partial charge is 0.242 e. The lowest BCUT2D eigenvalue weighted by molar-refractivity contribution is 0.174. The van der Waals surface area contributed by atoms with Crippen molar-refractivity contribution in [3.63, 3.8) is 0 Å². The molecule has 132 valence electrons. The number of hydrogen-bond acceptors (Lipinski definition) is 3. The highest BCUT2D eigenvalue weighted by Gasteiger charge is 2.21. The van der Waals surface area contributed by atoms with Crippen LogP contribution < -0.4 is 9.74 Å². The van der Waals surface area contributed by atoms with Crippen LogP contribution in [-0.4, -0.2) is 39.4 Å². The Morgan fingerprint density at radius 2 is 1.74 bits per heavy atom. The lowest BCUT2D eigenvalue weighted by Crippen LogP contribution is -2.45. The summed E-state index contributed by atoms with van der Waals surface area (Å²) in [6, 6.07) is 9.10. The number of hydrogen-bond donors (Lipinski definition) is 1. The molecule has 1 fully saturated rings. The highest BCUT2D eigenvalue weighted by Crippen LogP contribution is 2.27. The van der Waals surface area contributed by atoms with Crippen molar-refractivity contribution in [2.24, 2.45) is 0 Å². The summed E-state index contributed by atoms with van der Waals surface area (Å²) in [7, 11) is -1.52. The molecule has 0 bridgehead atoms. The Morgan fingerprint density at radius 1 is 1.17 bits per heavy atom. The molecule has 23 heavy (non-hydrogen) atoms. The van der Waals surface area contributed by atoms with Crippen LogP contribution in [0.25, 0.3) is 0 Å². The maximum Gasteiger partial charge on any atom is 0.242 e. The summed E-state index contributed by atoms with van der Waals surface area (Å²) in [4.78, 5) is 2.55. The molecule has 0 aliphatic carbocycles. The lowest BCUT2D eigenvalue weighted by atomic mass is 10.0. The Bertz CT molecular complexity index is 457. The predicted octanol–water partition coefficient (Wildman–Crippen LogP) is 4.27. The van der Waals surface area contributed by atoms with Crippen LogP contribution in [0.4, 0.5) is 0 Å². The van der Waals surface area contributed by atoms with Crippen molar-refractivity contribution in [1.82, 2.24) is 10.2 Å². The van der Waals surface area contributed by atoms with Crippen LogP contribution in [0.15, 0.2) is 36.9 Å². The Balaban J connectivity index is 0.00000242. The number of nitrogens with one attached hydrogen (secondary N) is 1. The van der Waals surface area contributed by atoms with Crippen LogP contribution >= 0.6 is 24.8 Å². The topological polar surface area (TPSA) is 24.5 Å². The van der Waals surface area contributed by atoms with Gasteiger partial charge in [0.25, 0.3) is 0 Å². The molecule has 0 amide bonds. The van der Waals surface area contributed by atoms with Crippen molar-refractivity contribution >= 4 is 33.1 Å². The Hall–Kier alpha value is -0.523. The number of piperazine rings is 1. The minimum atomic E-state index is -1.52. The first-order chi connectivity index (χ1) is 9.99. The molecular formula is C17H30Cl2N2OSi. The minimum Gasteiger partial charge on any atom is -0.544 e. The van der Waals surface area contributed by atoms with Gasteiger partial charge in [-0.2, -0.15) is 0 Å². The van der Waals surface area contributed by atoms with Crippen molar-refractivity contribution in [3.8, 4) is 5.75 Å². The third kappa shape index (κ3) is 7.27. The van der Waals surface area contributed by atoms with Gasteiger partial charge in [0.1, 0.15) is 5.75 Å². The minimum absolute atomic E-state index is 0. The quantitative estimate of drug-likeness (QED) is 0.592. The van der Waals surface area contributed by atoms with Crippen LogP contribution in [0.3, 0.4) is 0 Å². The molecule has 1 aliphatic rings. The average Bonchev–Trinajstić information content (AvgIpc) is 2.45. The van der Waals surface area contributed by atoms with Gasteiger partial charge < -0.3 is 9.74 Å². The first-order valence-electron chi connectivity index (χ1n) is 7.84. The first-order valence-corrected chi connectivity index (χ1v) is 11.2. The van der Waals surface area contributed by atoms with Gasteiger partial charge in [-0.15, -0.1) is 31.4 Å². The normalized spacial score (nSPS) is 16.7. The molecule has 0 radical (unpaired) electrons. The third-order valence-electron chi connectivity index (χ3n) is 3.67. The van der Waals surface area contributed by atoms with Crippen LogP contribution in [0, 0.1) is 0 Å². The molecule has 0 unspecified atom stereocenters. The maximum absolute atomic E-state index is 6.04. The molecule has 1 N–H and O–H groups in total. The van der Waals surface area contributed by atoms with Gasteiger partial charge in [-0.3, -0.25) is 4.90 Å². The van der Waals surface area contributed by atoms with Gasteiger partial charge in [0.2, 0.25) is 8.32 Å². The summed E-state index contributed by atoms with van der Waals surface area (Å²) in [6.07, 6.45) is 3.02. The maximum atomic E-state index is 6.04. The van der Waals surface area contributed by atoms with Crippen LogP contribution in [-0.2, 0) is 0 Å². The number of rotatable bonds is 6. The summed E-state index contributed by atoms with van der Waals surface area (Å²) >= 11 is 0. The van der Waals surface area contributed by atoms with E-state index in [4.69, 9.17) is 4.43 Å². The number of nitrogens with zero attached hydrogens (tertiary/aromatic N) is 1. The van der Waals surface area contributed by atoms with Crippen LogP contribution in [0.1, 0.15) is 18.0 Å². The molecule has 0 spiro atoms. The molecule has 2 rings (SSSR count). The molecule has 1 heterocycles. The van der Waals surface area contributed by atoms with E-state index < -0.39 is 8.32 Å². The van der Waals surface area contributed by atoms with Gasteiger partial charge >= 0.3 is 0 Å².